The van der Waals surface area contributed by atoms with Crippen molar-refractivity contribution in [1.82, 2.24) is 0 Å². The Bertz CT molecular complexity index is 2660. The van der Waals surface area contributed by atoms with Crippen molar-refractivity contribution in [3.05, 3.63) is 20.3 Å². The van der Waals surface area contributed by atoms with Gasteiger partial charge in [-0.15, -0.1) is 0 Å². The average molecular weight is 1630 g/mol. The SMILES string of the molecule is CC(=O)O[C@@H]1[C@H](OC(C)=O)[C@H]([C@H](/C=C/I)OC(C)=O)O[C@H]2CC[C@@H](OC(C)C)O[C@H]12.CC(=O)O[C@@H]1[C@H](OC(C)=O)[C@H]([C@H](C=O)OC(C)=O)O[C@H]2CC[C@@H](OC(C)C)O[C@H]12.CC[C@H]1CC[C@@H]2O[C@@H]([C@@H](C)/C=C/I)[C@@H](C)[C@@H](C)[C@H]2O1.COC(=O)C[C@H]1CC[C@@H]2O[C@@H]([C@@H](C)C=O)[C@@H](C)[C@@H](C)[C@H]2O1. The molecule has 0 saturated carbocycles. The molecule has 0 bridgehead atoms. The van der Waals surface area contributed by atoms with Crippen LogP contribution in [-0.4, -0.2) is 208 Å². The van der Waals surface area contributed by atoms with Gasteiger partial charge in [-0.05, 0) is 111 Å². The largest absolute Gasteiger partial charge is 0.469 e. The number of esters is 7. The highest BCUT2D eigenvalue weighted by Crippen LogP contribution is 2.44. The molecule has 0 aliphatic carbocycles. The Morgan fingerprint density at radius 2 is 0.798 bits per heavy atom. The molecule has 8 fully saturated rings. The van der Waals surface area contributed by atoms with Crippen molar-refractivity contribution in [3.63, 3.8) is 0 Å². The zero-order chi connectivity index (χ0) is 73.7. The number of hydrogen-bond acceptors (Lipinski definition) is 26. The first-order valence-electron chi connectivity index (χ1n) is 34.9. The fraction of sp³-hybridized carbons (Fsp3) is 0.817. The summed E-state index contributed by atoms with van der Waals surface area (Å²) < 4.78 is 101. The lowest BCUT2D eigenvalue weighted by atomic mass is 9.75. The normalized spacial score (nSPS) is 36.7. The fourth-order valence-corrected chi connectivity index (χ4v) is 15.4. The summed E-state index contributed by atoms with van der Waals surface area (Å²) in [6.07, 6.45) is 1.87. The van der Waals surface area contributed by atoms with Crippen LogP contribution in [0.3, 0.4) is 0 Å². The molecule has 0 aromatic rings. The van der Waals surface area contributed by atoms with Gasteiger partial charge in [0.1, 0.15) is 30.7 Å². The number of ether oxygens (including phenoxy) is 17. The van der Waals surface area contributed by atoms with Gasteiger partial charge in [0.05, 0.1) is 86.8 Å². The fourth-order valence-electron chi connectivity index (χ4n) is 14.3. The van der Waals surface area contributed by atoms with Crippen LogP contribution in [0.5, 0.6) is 0 Å². The van der Waals surface area contributed by atoms with E-state index in [1.807, 2.05) is 57.2 Å². The van der Waals surface area contributed by atoms with Crippen LogP contribution >= 0.6 is 45.2 Å². The van der Waals surface area contributed by atoms with Crippen LogP contribution in [-0.2, 0) is 124 Å². The summed E-state index contributed by atoms with van der Waals surface area (Å²) in [7, 11) is 1.40. The molecule has 0 amide bonds. The molecule has 0 N–H and O–H groups in total. The van der Waals surface area contributed by atoms with Gasteiger partial charge in [-0.2, -0.15) is 0 Å². The zero-order valence-corrected chi connectivity index (χ0v) is 65.0. The number of rotatable bonds is 21. The molecule has 8 aliphatic heterocycles. The number of fused-ring (bicyclic) bond motifs is 4. The quantitative estimate of drug-likeness (QED) is 0.0446. The molecule has 28 atom stereocenters. The van der Waals surface area contributed by atoms with Crippen LogP contribution < -0.4 is 0 Å². The summed E-state index contributed by atoms with van der Waals surface area (Å²) in [5, 5.41) is 0. The minimum Gasteiger partial charge on any atom is -0.469 e. The smallest absolute Gasteiger partial charge is 0.308 e. The van der Waals surface area contributed by atoms with Gasteiger partial charge in [-0.3, -0.25) is 38.4 Å². The first kappa shape index (κ1) is 85.8. The van der Waals surface area contributed by atoms with Crippen molar-refractivity contribution in [2.24, 2.45) is 35.5 Å². The van der Waals surface area contributed by atoms with E-state index < -0.39 is 122 Å². The van der Waals surface area contributed by atoms with E-state index in [-0.39, 0.29) is 54.4 Å². The molecule has 28 heteroatoms. The number of carbonyl (C=O) groups excluding carboxylic acids is 9. The second-order valence-corrected chi connectivity index (χ2v) is 28.9. The second-order valence-electron chi connectivity index (χ2n) is 27.4. The topological polar surface area (TPSA) is 311 Å². The summed E-state index contributed by atoms with van der Waals surface area (Å²) in [6, 6.07) is 0. The molecule has 8 aliphatic rings. The second kappa shape index (κ2) is 41.6. The summed E-state index contributed by atoms with van der Waals surface area (Å²) in [6.45, 7) is 30.1. The molecule has 0 radical (unpaired) electrons. The van der Waals surface area contributed by atoms with E-state index >= 15 is 0 Å². The van der Waals surface area contributed by atoms with E-state index in [1.54, 1.807) is 10.2 Å². The van der Waals surface area contributed by atoms with Crippen LogP contribution in [0.1, 0.15) is 182 Å². The van der Waals surface area contributed by atoms with Crippen LogP contribution in [0.2, 0.25) is 0 Å². The number of methoxy groups -OCH3 is 1. The molecule has 564 valence electrons. The first-order valence-corrected chi connectivity index (χ1v) is 37.4. The van der Waals surface area contributed by atoms with Crippen molar-refractivity contribution in [2.45, 2.75) is 329 Å². The van der Waals surface area contributed by atoms with Gasteiger partial charge in [0, 0.05) is 66.2 Å². The Morgan fingerprint density at radius 1 is 0.424 bits per heavy atom. The predicted molar refractivity (Wildman–Crippen MR) is 372 cm³/mol. The third kappa shape index (κ3) is 25.2. The van der Waals surface area contributed by atoms with E-state index in [2.05, 4.69) is 74.3 Å². The lowest BCUT2D eigenvalue weighted by Gasteiger charge is -2.49. The molecule has 99 heavy (non-hydrogen) atoms. The van der Waals surface area contributed by atoms with Crippen molar-refractivity contribution in [1.29, 1.82) is 0 Å². The molecule has 8 rings (SSSR count). The van der Waals surface area contributed by atoms with Gasteiger partial charge >= 0.3 is 41.8 Å². The summed E-state index contributed by atoms with van der Waals surface area (Å²) in [4.78, 5) is 104. The Hall–Kier alpha value is -3.83. The van der Waals surface area contributed by atoms with Crippen LogP contribution in [0.4, 0.5) is 0 Å². The van der Waals surface area contributed by atoms with Crippen LogP contribution in [0, 0.1) is 35.5 Å². The Labute approximate surface area is 611 Å². The number of halogens is 2. The Balaban J connectivity index is 0.000000242. The van der Waals surface area contributed by atoms with Crippen LogP contribution in [0.25, 0.3) is 0 Å². The lowest BCUT2D eigenvalue weighted by Crippen LogP contribution is -2.66. The van der Waals surface area contributed by atoms with E-state index in [0.717, 1.165) is 45.3 Å². The molecule has 8 heterocycles. The van der Waals surface area contributed by atoms with Crippen molar-refractivity contribution in [2.75, 3.05) is 7.11 Å². The minimum atomic E-state index is -1.35. The highest BCUT2D eigenvalue weighted by Gasteiger charge is 2.58. The maximum Gasteiger partial charge on any atom is 0.308 e. The molecular formula is C71H110I2O26. The van der Waals surface area contributed by atoms with E-state index in [4.69, 9.17) is 80.5 Å². The summed E-state index contributed by atoms with van der Waals surface area (Å²) >= 11 is 4.29. The Morgan fingerprint density at radius 3 is 1.18 bits per heavy atom. The highest BCUT2D eigenvalue weighted by molar-refractivity contribution is 14.1. The molecule has 0 aromatic carbocycles. The van der Waals surface area contributed by atoms with Gasteiger partial charge in [0.15, 0.2) is 55.5 Å². The van der Waals surface area contributed by atoms with Gasteiger partial charge in [-0.25, -0.2) is 0 Å². The highest BCUT2D eigenvalue weighted by atomic mass is 127. The molecule has 8 saturated heterocycles. The maximum atomic E-state index is 11.9. The average Bonchev–Trinajstić information content (AvgIpc) is 0.803. The third-order valence-electron chi connectivity index (χ3n) is 19.1. The minimum absolute atomic E-state index is 0.00138. The van der Waals surface area contributed by atoms with Gasteiger partial charge in [-0.1, -0.05) is 99.7 Å². The first-order chi connectivity index (χ1) is 46.8. The molecule has 0 aromatic heterocycles. The van der Waals surface area contributed by atoms with Crippen LogP contribution in [0.15, 0.2) is 20.3 Å². The summed E-state index contributed by atoms with van der Waals surface area (Å²) in [5.74, 6) is -1.83. The maximum absolute atomic E-state index is 11.9. The van der Waals surface area contributed by atoms with Gasteiger partial charge in [0.2, 0.25) is 0 Å². The van der Waals surface area contributed by atoms with E-state index in [1.165, 1.54) is 41.7 Å². The number of aldehydes is 2. The standard InChI is InChI=1S/C20H29IO9.C19H28O10.C16H27IO2.C16H26O5/c1-10(2)25-16-7-6-14-18(30-16)20(28-13(5)24)19(27-12(4)23)17(29-14)15(8-9-21)26-11(3)22;1-9(2)24-15-7-6-13-16(29-15)18(26-11(4)22)19(27-12(5)23)17(28-13)14(8-20)25-10(3)21;1-5-13-6-7-14-16(18-13)12(4)11(3)15(19-14)10(2)8-9-17;1-9(8-17)15-10(2)11(3)16-13(21-15)6-5-12(20-16)7-14(18)19-4/h8-10,14-20H,6-7H2,1-5H3;8-9,13-19H,6-7H2,1-5H3;8-16H,5-7H2,1-4H3;8-13,15-16H,5-7H2,1-4H3/b9-8+;;9-8+;/t14-,15-,16-,17-,18-,19+,20-;13-,14-,15-,16-,17-,18-,19+;10-,11-,12+,13-,14-,15-,16+;9-,10-,11+,12+,13-,15-,16+/m0000/s1. The number of carbonyl (C=O) groups is 9. The van der Waals surface area contributed by atoms with Crippen molar-refractivity contribution in [3.8, 4) is 0 Å². The van der Waals surface area contributed by atoms with Crippen molar-refractivity contribution >= 4 is 99.5 Å². The third-order valence-corrected chi connectivity index (χ3v) is 19.9. The number of hydrogen-bond donors (Lipinski definition) is 0. The van der Waals surface area contributed by atoms with Gasteiger partial charge < -0.3 is 85.3 Å². The zero-order valence-electron chi connectivity index (χ0n) is 60.7. The van der Waals surface area contributed by atoms with E-state index in [0.29, 0.717) is 86.5 Å². The monoisotopic (exact) mass is 1630 g/mol. The molecule has 0 spiro atoms. The Kier molecular flexibility index (Phi) is 36.1. The molecule has 26 nitrogen and oxygen atoms in total. The lowest BCUT2D eigenvalue weighted by molar-refractivity contribution is -0.315. The van der Waals surface area contributed by atoms with E-state index in [9.17, 15) is 43.2 Å². The molecule has 0 unspecified atom stereocenters. The summed E-state index contributed by atoms with van der Waals surface area (Å²) in [5.41, 5.74) is 0. The molecular weight excluding hydrogens is 1520 g/mol. The van der Waals surface area contributed by atoms with Crippen molar-refractivity contribution < 1.29 is 124 Å². The predicted octanol–water partition coefficient (Wildman–Crippen LogP) is 9.65. The van der Waals surface area contributed by atoms with Gasteiger partial charge in [0.25, 0.3) is 0 Å².